The number of nitroso groups, excluding NO2 is 1. The van der Waals surface area contributed by atoms with Gasteiger partial charge in [0, 0.05) is 11.6 Å². The van der Waals surface area contributed by atoms with E-state index in [1.807, 2.05) is 13.8 Å². The molecule has 0 aliphatic carbocycles. The van der Waals surface area contributed by atoms with E-state index in [4.69, 9.17) is 5.11 Å². The van der Waals surface area contributed by atoms with E-state index in [-0.39, 0.29) is 0 Å². The summed E-state index contributed by atoms with van der Waals surface area (Å²) >= 11 is 0. The van der Waals surface area contributed by atoms with Crippen molar-refractivity contribution >= 4 is 11.8 Å². The van der Waals surface area contributed by atoms with Crippen molar-refractivity contribution in [1.82, 2.24) is 4.59 Å². The highest BCUT2D eigenvalue weighted by atomic mass is 16.4. The minimum absolute atomic E-state index is 0.394. The smallest absolute Gasteiger partial charge is 0.433 e. The summed E-state index contributed by atoms with van der Waals surface area (Å²) in [6, 6.07) is 3.43. The largest absolute Gasteiger partial charge is 0.548 e. The van der Waals surface area contributed by atoms with Crippen LogP contribution in [0.4, 0.5) is 10.5 Å². The van der Waals surface area contributed by atoms with Crippen LogP contribution in [0.2, 0.25) is 0 Å². The van der Waals surface area contributed by atoms with Crippen LogP contribution in [0, 0.1) is 25.7 Å². The molecule has 0 saturated carbocycles. The molecule has 0 saturated heterocycles. The van der Waals surface area contributed by atoms with Gasteiger partial charge in [-0.3, -0.25) is 0 Å². The lowest BCUT2D eigenvalue weighted by molar-refractivity contribution is 0.157. The van der Waals surface area contributed by atoms with Crippen LogP contribution in [0.25, 0.3) is 0 Å². The molecule has 0 fully saturated rings. The normalized spacial score (nSPS) is 14.2. The summed E-state index contributed by atoms with van der Waals surface area (Å²) < 4.78 is -0.993. The fourth-order valence-corrected chi connectivity index (χ4v) is 1.60. The van der Waals surface area contributed by atoms with Gasteiger partial charge in [-0.2, -0.15) is 4.79 Å². The number of amides is 1. The van der Waals surface area contributed by atoms with Gasteiger partial charge in [-0.25, -0.2) is 0 Å². The summed E-state index contributed by atoms with van der Waals surface area (Å²) in [5.41, 5.74) is 3.21. The van der Waals surface area contributed by atoms with E-state index in [9.17, 15) is 9.70 Å². The van der Waals surface area contributed by atoms with Gasteiger partial charge in [0.2, 0.25) is 0 Å². The van der Waals surface area contributed by atoms with Crippen molar-refractivity contribution in [3.05, 3.63) is 33.7 Å². The molecular weight excluding hydrogens is 208 g/mol. The third-order valence-electron chi connectivity index (χ3n) is 3.03. The second-order valence-electron chi connectivity index (χ2n) is 3.97. The highest BCUT2D eigenvalue weighted by Crippen LogP contribution is 2.30. The maximum absolute atomic E-state index is 11.1. The van der Waals surface area contributed by atoms with Crippen LogP contribution < -0.4 is 4.59 Å². The topological polar surface area (TPSA) is 66.7 Å². The second-order valence-corrected chi connectivity index (χ2v) is 3.97. The standard InChI is InChI=1S/C11H14N2O3/c1-7-5-6-10(9(3)8(7)2)13(4,12-16)11(14)15/h5-6H,1-4H3/p+1. The molecule has 0 aliphatic heterocycles. The number of rotatable bonds is 2. The van der Waals surface area contributed by atoms with E-state index in [1.165, 1.54) is 7.05 Å². The predicted octanol–water partition coefficient (Wildman–Crippen LogP) is 2.91. The predicted molar refractivity (Wildman–Crippen MR) is 62.2 cm³/mol. The molecule has 1 rings (SSSR count). The number of benzene rings is 1. The molecule has 1 N–H and O–H groups in total. The molecule has 0 bridgehead atoms. The molecule has 86 valence electrons. The summed E-state index contributed by atoms with van der Waals surface area (Å²) in [6.45, 7) is 5.62. The summed E-state index contributed by atoms with van der Waals surface area (Å²) in [4.78, 5) is 21.8. The Hall–Kier alpha value is -1.75. The van der Waals surface area contributed by atoms with Gasteiger partial charge in [0.05, 0.1) is 0 Å². The molecule has 1 amide bonds. The first kappa shape index (κ1) is 12.3. The van der Waals surface area contributed by atoms with E-state index < -0.39 is 10.7 Å². The van der Waals surface area contributed by atoms with E-state index >= 15 is 0 Å². The molecule has 1 aromatic carbocycles. The van der Waals surface area contributed by atoms with E-state index in [0.29, 0.717) is 5.69 Å². The van der Waals surface area contributed by atoms with Gasteiger partial charge in [0.25, 0.3) is 0 Å². The fraction of sp³-hybridized carbons (Fsp3) is 0.364. The van der Waals surface area contributed by atoms with Crippen LogP contribution in [0.5, 0.6) is 0 Å². The molecule has 1 unspecified atom stereocenters. The van der Waals surface area contributed by atoms with E-state index in [1.54, 1.807) is 19.1 Å². The molecular formula is C11H15N2O3+. The van der Waals surface area contributed by atoms with Crippen LogP contribution in [0.3, 0.4) is 0 Å². The van der Waals surface area contributed by atoms with Crippen LogP contribution in [-0.4, -0.2) is 18.2 Å². The lowest BCUT2D eigenvalue weighted by atomic mass is 10.0. The summed E-state index contributed by atoms with van der Waals surface area (Å²) in [7, 11) is 1.26. The lowest BCUT2D eigenvalue weighted by Crippen LogP contribution is -2.44. The van der Waals surface area contributed by atoms with Gasteiger partial charge in [-0.1, -0.05) is 11.0 Å². The zero-order valence-corrected chi connectivity index (χ0v) is 9.81. The monoisotopic (exact) mass is 223 g/mol. The van der Waals surface area contributed by atoms with Crippen molar-refractivity contribution in [2.24, 2.45) is 5.29 Å². The maximum Gasteiger partial charge on any atom is 0.548 e. The quantitative estimate of drug-likeness (QED) is 0.476. The van der Waals surface area contributed by atoms with E-state index in [0.717, 1.165) is 16.7 Å². The second kappa shape index (κ2) is 4.02. The van der Waals surface area contributed by atoms with Gasteiger partial charge in [0.15, 0.2) is 11.0 Å². The molecule has 0 aromatic heterocycles. The first-order valence-corrected chi connectivity index (χ1v) is 4.87. The van der Waals surface area contributed by atoms with Crippen molar-refractivity contribution in [3.8, 4) is 0 Å². The van der Waals surface area contributed by atoms with Gasteiger partial charge in [-0.15, -0.1) is 0 Å². The molecule has 1 atom stereocenters. The molecule has 0 aliphatic rings. The fourth-order valence-electron chi connectivity index (χ4n) is 1.60. The van der Waals surface area contributed by atoms with Crippen LogP contribution >= 0.6 is 0 Å². The van der Waals surface area contributed by atoms with E-state index in [2.05, 4.69) is 5.29 Å². The van der Waals surface area contributed by atoms with Crippen LogP contribution in [0.15, 0.2) is 17.4 Å². The number of aryl methyl sites for hydroxylation is 1. The van der Waals surface area contributed by atoms with Gasteiger partial charge >= 0.3 is 6.09 Å². The average Bonchev–Trinajstić information content (AvgIpc) is 2.25. The number of carboxylic acid groups (broad SMARTS) is 1. The minimum Gasteiger partial charge on any atom is -0.433 e. The van der Waals surface area contributed by atoms with Crippen molar-refractivity contribution in [3.63, 3.8) is 0 Å². The van der Waals surface area contributed by atoms with Crippen LogP contribution in [-0.2, 0) is 0 Å². The van der Waals surface area contributed by atoms with Crippen molar-refractivity contribution < 1.29 is 9.90 Å². The maximum atomic E-state index is 11.1. The highest BCUT2D eigenvalue weighted by Gasteiger charge is 2.39. The summed E-state index contributed by atoms with van der Waals surface area (Å²) in [6.07, 6.45) is -1.29. The third-order valence-corrected chi connectivity index (χ3v) is 3.03. The summed E-state index contributed by atoms with van der Waals surface area (Å²) in [5, 5.41) is 11.8. The van der Waals surface area contributed by atoms with Crippen molar-refractivity contribution in [1.29, 1.82) is 0 Å². The Morgan fingerprint density at radius 3 is 2.25 bits per heavy atom. The highest BCUT2D eigenvalue weighted by molar-refractivity contribution is 5.81. The molecule has 1 aromatic rings. The number of quaternary nitrogens is 1. The molecule has 16 heavy (non-hydrogen) atoms. The number of carbonyl (C=O) groups is 1. The lowest BCUT2D eigenvalue weighted by Gasteiger charge is -2.19. The SMILES string of the molecule is Cc1ccc([N+](C)(N=O)C(=O)O)c(C)c1C. The number of hydrogen-bond donors (Lipinski definition) is 1. The Labute approximate surface area is 93.8 Å². The van der Waals surface area contributed by atoms with Crippen LogP contribution in [0.1, 0.15) is 16.7 Å². The Morgan fingerprint density at radius 1 is 1.25 bits per heavy atom. The molecule has 0 radical (unpaired) electrons. The summed E-state index contributed by atoms with van der Waals surface area (Å²) in [5.74, 6) is 0. The molecule has 0 heterocycles. The third kappa shape index (κ3) is 1.69. The Bertz CT molecular complexity index is 457. The molecule has 0 spiro atoms. The molecule has 5 nitrogen and oxygen atoms in total. The zero-order valence-electron chi connectivity index (χ0n) is 9.81. The zero-order chi connectivity index (χ0) is 12.5. The number of hydrogen-bond acceptors (Lipinski definition) is 3. The van der Waals surface area contributed by atoms with Crippen molar-refractivity contribution in [2.45, 2.75) is 20.8 Å². The van der Waals surface area contributed by atoms with Gasteiger partial charge < -0.3 is 5.11 Å². The minimum atomic E-state index is -1.29. The Morgan fingerprint density at radius 2 is 1.81 bits per heavy atom. The van der Waals surface area contributed by atoms with Gasteiger partial charge in [-0.05, 0) is 36.5 Å². The van der Waals surface area contributed by atoms with Gasteiger partial charge in [0.1, 0.15) is 7.05 Å². The Balaban J connectivity index is 3.50. The first-order valence-electron chi connectivity index (χ1n) is 4.87. The van der Waals surface area contributed by atoms with Crippen molar-refractivity contribution in [2.75, 3.05) is 7.05 Å². The Kier molecular flexibility index (Phi) is 3.09. The average molecular weight is 223 g/mol. The molecule has 5 heteroatoms. The first-order chi connectivity index (χ1) is 7.34. The number of nitrogens with zero attached hydrogens (tertiary/aromatic N) is 2.